The Balaban J connectivity index is 3.20. The van der Waals surface area contributed by atoms with E-state index in [2.05, 4.69) is 4.74 Å². The van der Waals surface area contributed by atoms with Gasteiger partial charge in [-0.25, -0.2) is 0 Å². The molecule has 0 saturated heterocycles. The van der Waals surface area contributed by atoms with E-state index in [4.69, 9.17) is 5.73 Å². The molecule has 1 aromatic carbocycles. The minimum absolute atomic E-state index is 0.0547. The third-order valence-corrected chi connectivity index (χ3v) is 3.17. The van der Waals surface area contributed by atoms with Gasteiger partial charge in [-0.2, -0.15) is 26.3 Å². The van der Waals surface area contributed by atoms with Gasteiger partial charge in [-0.05, 0) is 25.1 Å². The largest absolute Gasteiger partial charge is 0.466 e. The second-order valence-corrected chi connectivity index (χ2v) is 5.23. The topological polar surface area (TPSA) is 98.5 Å². The van der Waals surface area contributed by atoms with Crippen LogP contribution < -0.4 is 11.1 Å². The fourth-order valence-electron chi connectivity index (χ4n) is 1.94. The number of hydrogen-bond acceptors (Lipinski definition) is 4. The summed E-state index contributed by atoms with van der Waals surface area (Å²) < 4.78 is 81.4. The van der Waals surface area contributed by atoms with Crippen LogP contribution >= 0.6 is 0 Å². The molecule has 0 saturated carbocycles. The first-order valence-electron chi connectivity index (χ1n) is 7.31. The molecule has 0 aliphatic carbocycles. The lowest BCUT2D eigenvalue weighted by atomic mass is 10.0. The number of ether oxygens (including phenoxy) is 1. The normalized spacial score (nSPS) is 13.0. The molecule has 0 bridgehead atoms. The Hall–Kier alpha value is -2.79. The first-order valence-corrected chi connectivity index (χ1v) is 7.31. The number of carbonyl (C=O) groups excluding carboxylic acids is 3. The van der Waals surface area contributed by atoms with Gasteiger partial charge in [-0.15, -0.1) is 0 Å². The van der Waals surface area contributed by atoms with Crippen LogP contribution in [0.5, 0.6) is 0 Å². The highest BCUT2D eigenvalue weighted by Gasteiger charge is 2.37. The van der Waals surface area contributed by atoms with Crippen molar-refractivity contribution in [3.63, 3.8) is 0 Å². The van der Waals surface area contributed by atoms with Crippen molar-refractivity contribution in [2.75, 3.05) is 6.61 Å². The minimum Gasteiger partial charge on any atom is -0.466 e. The van der Waals surface area contributed by atoms with Crippen LogP contribution in [0.2, 0.25) is 0 Å². The Morgan fingerprint density at radius 1 is 1.04 bits per heavy atom. The molecular weight excluding hydrogens is 386 g/mol. The van der Waals surface area contributed by atoms with Crippen molar-refractivity contribution in [2.24, 2.45) is 5.73 Å². The van der Waals surface area contributed by atoms with Gasteiger partial charge in [0.15, 0.2) is 0 Å². The Morgan fingerprint density at radius 3 is 1.89 bits per heavy atom. The van der Waals surface area contributed by atoms with E-state index in [9.17, 15) is 40.7 Å². The number of benzene rings is 1. The van der Waals surface area contributed by atoms with E-state index in [0.29, 0.717) is 0 Å². The number of primary amides is 1. The predicted octanol–water partition coefficient (Wildman–Crippen LogP) is 2.26. The first kappa shape index (κ1) is 22.3. The molecule has 1 atom stereocenters. The maximum absolute atomic E-state index is 12.8. The Kier molecular flexibility index (Phi) is 6.81. The summed E-state index contributed by atoms with van der Waals surface area (Å²) in [6.07, 6.45) is -11.0. The monoisotopic (exact) mass is 400 g/mol. The number of halogens is 6. The van der Waals surface area contributed by atoms with Gasteiger partial charge in [-0.1, -0.05) is 0 Å². The third kappa shape index (κ3) is 6.46. The van der Waals surface area contributed by atoms with E-state index in [1.54, 1.807) is 0 Å². The summed E-state index contributed by atoms with van der Waals surface area (Å²) in [5.41, 5.74) is 0.567. The lowest BCUT2D eigenvalue weighted by Gasteiger charge is -2.17. The zero-order valence-electron chi connectivity index (χ0n) is 13.7. The summed E-state index contributed by atoms with van der Waals surface area (Å²) >= 11 is 0. The van der Waals surface area contributed by atoms with Crippen LogP contribution in [0, 0.1) is 0 Å². The Bertz CT molecular complexity index is 698. The SMILES string of the molecule is CCOC(=O)C[C@@H](NC(=O)c1cc(C(F)(F)F)cc(C(F)(F)F)c1)C(N)=O. The van der Waals surface area contributed by atoms with Gasteiger partial charge >= 0.3 is 18.3 Å². The highest BCUT2D eigenvalue weighted by molar-refractivity contribution is 5.98. The zero-order valence-corrected chi connectivity index (χ0v) is 13.7. The van der Waals surface area contributed by atoms with Crippen LogP contribution in [0.25, 0.3) is 0 Å². The highest BCUT2D eigenvalue weighted by atomic mass is 19.4. The smallest absolute Gasteiger partial charge is 0.416 e. The fourth-order valence-corrected chi connectivity index (χ4v) is 1.94. The Morgan fingerprint density at radius 2 is 1.52 bits per heavy atom. The second-order valence-electron chi connectivity index (χ2n) is 5.23. The molecule has 0 fully saturated rings. The lowest BCUT2D eigenvalue weighted by Crippen LogP contribution is -2.46. The maximum Gasteiger partial charge on any atom is 0.416 e. The van der Waals surface area contributed by atoms with E-state index in [0.717, 1.165) is 0 Å². The molecule has 3 N–H and O–H groups in total. The molecule has 0 spiro atoms. The molecule has 0 heterocycles. The number of nitrogens with one attached hydrogen (secondary N) is 1. The summed E-state index contributed by atoms with van der Waals surface area (Å²) in [5, 5.41) is 1.83. The standard InChI is InChI=1S/C15H14F6N2O4/c1-2-27-11(24)6-10(12(22)25)23-13(26)7-3-8(14(16,17)18)5-9(4-7)15(19,20)21/h3-5,10H,2,6H2,1H3,(H2,22,25)(H,23,26)/t10-/m1/s1. The summed E-state index contributed by atoms with van der Waals surface area (Å²) in [7, 11) is 0. The number of carbonyl (C=O) groups is 3. The summed E-state index contributed by atoms with van der Waals surface area (Å²) in [5.74, 6) is -3.61. The number of alkyl halides is 6. The van der Waals surface area contributed by atoms with Crippen molar-refractivity contribution in [1.82, 2.24) is 5.32 Å². The van der Waals surface area contributed by atoms with E-state index >= 15 is 0 Å². The van der Waals surface area contributed by atoms with Crippen LogP contribution in [0.1, 0.15) is 34.8 Å². The van der Waals surface area contributed by atoms with E-state index in [1.165, 1.54) is 6.92 Å². The van der Waals surface area contributed by atoms with Gasteiger partial charge < -0.3 is 15.8 Å². The lowest BCUT2D eigenvalue weighted by molar-refractivity contribution is -0.145. The van der Waals surface area contributed by atoms with Gasteiger partial charge in [0.05, 0.1) is 24.2 Å². The molecule has 0 aromatic heterocycles. The minimum atomic E-state index is -5.15. The highest BCUT2D eigenvalue weighted by Crippen LogP contribution is 2.36. The molecule has 12 heteroatoms. The molecule has 150 valence electrons. The number of rotatable bonds is 6. The number of esters is 1. The van der Waals surface area contributed by atoms with Gasteiger partial charge in [0.2, 0.25) is 5.91 Å². The summed E-state index contributed by atoms with van der Waals surface area (Å²) in [4.78, 5) is 34.7. The third-order valence-electron chi connectivity index (χ3n) is 3.17. The van der Waals surface area contributed by atoms with Crippen molar-refractivity contribution in [3.05, 3.63) is 34.9 Å². The number of nitrogens with two attached hydrogens (primary N) is 1. The van der Waals surface area contributed by atoms with Crippen LogP contribution in [-0.4, -0.2) is 30.4 Å². The molecule has 0 radical (unpaired) electrons. The van der Waals surface area contributed by atoms with Crippen molar-refractivity contribution in [1.29, 1.82) is 0 Å². The van der Waals surface area contributed by atoms with Crippen LogP contribution in [0.3, 0.4) is 0 Å². The fraction of sp³-hybridized carbons (Fsp3) is 0.400. The van der Waals surface area contributed by atoms with Crippen molar-refractivity contribution < 1.29 is 45.5 Å². The van der Waals surface area contributed by atoms with Gasteiger partial charge in [-0.3, -0.25) is 14.4 Å². The van der Waals surface area contributed by atoms with Gasteiger partial charge in [0, 0.05) is 5.56 Å². The van der Waals surface area contributed by atoms with Crippen molar-refractivity contribution in [3.8, 4) is 0 Å². The average Bonchev–Trinajstić information content (AvgIpc) is 2.52. The van der Waals surface area contributed by atoms with Gasteiger partial charge in [0.1, 0.15) is 6.04 Å². The summed E-state index contributed by atoms with van der Waals surface area (Å²) in [6.45, 7) is 1.40. The van der Waals surface area contributed by atoms with Crippen LogP contribution in [0.15, 0.2) is 18.2 Å². The van der Waals surface area contributed by atoms with Crippen molar-refractivity contribution in [2.45, 2.75) is 31.7 Å². The zero-order chi connectivity index (χ0) is 21.0. The molecule has 1 aromatic rings. The van der Waals surface area contributed by atoms with Crippen LogP contribution in [0.4, 0.5) is 26.3 Å². The first-order chi connectivity index (χ1) is 12.3. The average molecular weight is 400 g/mol. The maximum atomic E-state index is 12.8. The van der Waals surface area contributed by atoms with Gasteiger partial charge in [0.25, 0.3) is 5.91 Å². The van der Waals surface area contributed by atoms with E-state index in [1.807, 2.05) is 5.32 Å². The molecule has 0 aliphatic heterocycles. The molecule has 0 unspecified atom stereocenters. The molecule has 27 heavy (non-hydrogen) atoms. The molecule has 6 nitrogen and oxygen atoms in total. The number of hydrogen-bond donors (Lipinski definition) is 2. The molecule has 2 amide bonds. The Labute approximate surface area is 148 Å². The molecule has 1 rings (SSSR count). The molecular formula is C15H14F6N2O4. The summed E-state index contributed by atoms with van der Waals surface area (Å²) in [6, 6.07) is -1.46. The number of amides is 2. The van der Waals surface area contributed by atoms with E-state index < -0.39 is 59.3 Å². The predicted molar refractivity (Wildman–Crippen MR) is 78.1 cm³/mol. The quantitative estimate of drug-likeness (QED) is 0.565. The second kappa shape index (κ2) is 8.27. The molecule has 0 aliphatic rings. The van der Waals surface area contributed by atoms with Crippen LogP contribution in [-0.2, 0) is 26.7 Å². The van der Waals surface area contributed by atoms with Crippen molar-refractivity contribution >= 4 is 17.8 Å². The van der Waals surface area contributed by atoms with E-state index in [-0.39, 0.29) is 24.8 Å².